The Hall–Kier alpha value is -1.66. The van der Waals surface area contributed by atoms with Crippen molar-refractivity contribution >= 4 is 11.4 Å². The number of nitro groups is 1. The van der Waals surface area contributed by atoms with Crippen molar-refractivity contribution in [3.05, 3.63) is 33.9 Å². The van der Waals surface area contributed by atoms with Crippen molar-refractivity contribution in [2.24, 2.45) is 11.8 Å². The lowest BCUT2D eigenvalue weighted by atomic mass is 10.00. The summed E-state index contributed by atoms with van der Waals surface area (Å²) in [5.74, 6) is 6.07. The van der Waals surface area contributed by atoms with Gasteiger partial charge in [-0.05, 0) is 36.9 Å². The average molecular weight is 264 g/mol. The molecular weight excluding hydrogens is 244 g/mol. The van der Waals surface area contributed by atoms with Crippen molar-refractivity contribution in [2.75, 3.05) is 18.5 Å². The first kappa shape index (κ1) is 13.8. The monoisotopic (exact) mass is 264 g/mol. The molecule has 3 N–H and O–H groups in total. The van der Waals surface area contributed by atoms with Crippen molar-refractivity contribution in [1.29, 1.82) is 0 Å². The van der Waals surface area contributed by atoms with Crippen LogP contribution in [-0.2, 0) is 6.54 Å². The number of nitro benzene ring substituents is 1. The highest BCUT2D eigenvalue weighted by atomic mass is 16.6. The Morgan fingerprint density at radius 1 is 1.58 bits per heavy atom. The van der Waals surface area contributed by atoms with Gasteiger partial charge in [-0.15, -0.1) is 0 Å². The molecule has 1 aromatic rings. The fourth-order valence-electron chi connectivity index (χ4n) is 2.64. The predicted molar refractivity (Wildman–Crippen MR) is 74.6 cm³/mol. The van der Waals surface area contributed by atoms with E-state index in [0.717, 1.165) is 31.1 Å². The zero-order chi connectivity index (χ0) is 13.8. The van der Waals surface area contributed by atoms with Crippen LogP contribution in [0.25, 0.3) is 0 Å². The molecule has 0 aromatic heterocycles. The first-order valence-corrected chi connectivity index (χ1v) is 6.56. The molecule has 1 atom stereocenters. The van der Waals surface area contributed by atoms with Gasteiger partial charge in [-0.2, -0.15) is 0 Å². The maximum atomic E-state index is 10.8. The number of hydrazine groups is 1. The van der Waals surface area contributed by atoms with Crippen LogP contribution >= 0.6 is 0 Å². The number of likely N-dealkylation sites (tertiary alicyclic amines) is 1. The molecule has 1 aliphatic heterocycles. The fraction of sp³-hybridized carbons (Fsp3) is 0.538. The highest BCUT2D eigenvalue weighted by molar-refractivity contribution is 5.62. The molecule has 0 saturated carbocycles. The van der Waals surface area contributed by atoms with Crippen LogP contribution in [0.2, 0.25) is 0 Å². The molecule has 2 rings (SSSR count). The van der Waals surface area contributed by atoms with Crippen LogP contribution in [0.5, 0.6) is 0 Å². The first-order valence-electron chi connectivity index (χ1n) is 6.56. The van der Waals surface area contributed by atoms with E-state index in [1.807, 2.05) is 0 Å². The third-order valence-electron chi connectivity index (χ3n) is 3.56. The highest BCUT2D eigenvalue weighted by Gasteiger charge is 2.18. The largest absolute Gasteiger partial charge is 0.318 e. The Kier molecular flexibility index (Phi) is 4.34. The summed E-state index contributed by atoms with van der Waals surface area (Å²) >= 11 is 0. The third-order valence-corrected chi connectivity index (χ3v) is 3.56. The second-order valence-electron chi connectivity index (χ2n) is 5.24. The minimum Gasteiger partial charge on any atom is -0.318 e. The summed E-state index contributed by atoms with van der Waals surface area (Å²) < 4.78 is 0. The van der Waals surface area contributed by atoms with E-state index >= 15 is 0 Å². The quantitative estimate of drug-likeness (QED) is 0.494. The summed E-state index contributed by atoms with van der Waals surface area (Å²) in [5.41, 5.74) is 3.83. The molecule has 1 heterocycles. The van der Waals surface area contributed by atoms with Gasteiger partial charge in [0.05, 0.1) is 4.92 Å². The molecule has 6 nitrogen and oxygen atoms in total. The number of rotatable bonds is 4. The van der Waals surface area contributed by atoms with Crippen LogP contribution in [0.1, 0.15) is 25.3 Å². The Balaban J connectivity index is 2.10. The molecule has 1 aromatic carbocycles. The van der Waals surface area contributed by atoms with Crippen LogP contribution < -0.4 is 11.3 Å². The molecule has 104 valence electrons. The van der Waals surface area contributed by atoms with E-state index in [9.17, 15) is 10.1 Å². The van der Waals surface area contributed by atoms with Crippen molar-refractivity contribution in [3.63, 3.8) is 0 Å². The molecule has 0 radical (unpaired) electrons. The smallest absolute Gasteiger partial charge is 0.293 e. The number of benzene rings is 1. The Morgan fingerprint density at radius 3 is 3.00 bits per heavy atom. The molecule has 0 spiro atoms. The zero-order valence-corrected chi connectivity index (χ0v) is 11.1. The highest BCUT2D eigenvalue weighted by Crippen LogP contribution is 2.26. The topological polar surface area (TPSA) is 84.4 Å². The molecule has 1 unspecified atom stereocenters. The molecule has 1 fully saturated rings. The van der Waals surface area contributed by atoms with Crippen molar-refractivity contribution in [2.45, 2.75) is 26.3 Å². The van der Waals surface area contributed by atoms with Gasteiger partial charge in [0.1, 0.15) is 5.69 Å². The number of anilines is 1. The Labute approximate surface area is 112 Å². The zero-order valence-electron chi connectivity index (χ0n) is 11.1. The van der Waals surface area contributed by atoms with Gasteiger partial charge in [0.2, 0.25) is 0 Å². The van der Waals surface area contributed by atoms with E-state index < -0.39 is 4.92 Å². The van der Waals surface area contributed by atoms with E-state index in [-0.39, 0.29) is 5.69 Å². The van der Waals surface area contributed by atoms with Gasteiger partial charge >= 0.3 is 0 Å². The number of nitrogen functional groups attached to an aromatic ring is 1. The molecular formula is C13H20N4O2. The van der Waals surface area contributed by atoms with Gasteiger partial charge in [-0.1, -0.05) is 13.0 Å². The summed E-state index contributed by atoms with van der Waals surface area (Å²) in [7, 11) is 0. The molecule has 1 aliphatic rings. The summed E-state index contributed by atoms with van der Waals surface area (Å²) in [6, 6.07) is 5.08. The summed E-state index contributed by atoms with van der Waals surface area (Å²) in [4.78, 5) is 12.8. The molecule has 0 aliphatic carbocycles. The Bertz CT molecular complexity index is 464. The maximum Gasteiger partial charge on any atom is 0.293 e. The summed E-state index contributed by atoms with van der Waals surface area (Å²) in [6.45, 7) is 5.25. The number of hydrogen-bond donors (Lipinski definition) is 2. The van der Waals surface area contributed by atoms with E-state index in [1.54, 1.807) is 12.1 Å². The lowest BCUT2D eigenvalue weighted by molar-refractivity contribution is -0.384. The normalized spacial score (nSPS) is 20.2. The van der Waals surface area contributed by atoms with Gasteiger partial charge in [0.15, 0.2) is 0 Å². The van der Waals surface area contributed by atoms with Crippen molar-refractivity contribution in [3.8, 4) is 0 Å². The second-order valence-corrected chi connectivity index (χ2v) is 5.24. The minimum absolute atomic E-state index is 0.0123. The molecule has 0 bridgehead atoms. The standard InChI is InChI=1S/C13H20N4O2/c1-10-3-2-6-16(8-10)9-11-4-5-13(17(18)19)12(7-11)15-14/h4-5,7,10,15H,2-3,6,8-9,14H2,1H3. The van der Waals surface area contributed by atoms with E-state index in [1.165, 1.54) is 18.9 Å². The molecule has 1 saturated heterocycles. The van der Waals surface area contributed by atoms with Crippen LogP contribution in [0.3, 0.4) is 0 Å². The van der Waals surface area contributed by atoms with Crippen LogP contribution in [0, 0.1) is 16.0 Å². The number of nitrogens with zero attached hydrogens (tertiary/aromatic N) is 2. The summed E-state index contributed by atoms with van der Waals surface area (Å²) in [6.07, 6.45) is 2.50. The van der Waals surface area contributed by atoms with E-state index in [2.05, 4.69) is 17.2 Å². The van der Waals surface area contributed by atoms with Gasteiger partial charge in [0, 0.05) is 19.2 Å². The third kappa shape index (κ3) is 3.42. The number of nitrogens with two attached hydrogens (primary N) is 1. The molecule has 19 heavy (non-hydrogen) atoms. The van der Waals surface area contributed by atoms with Crippen LogP contribution in [0.4, 0.5) is 11.4 Å². The van der Waals surface area contributed by atoms with Gasteiger partial charge in [-0.3, -0.25) is 20.9 Å². The first-order chi connectivity index (χ1) is 9.10. The minimum atomic E-state index is -0.429. The Morgan fingerprint density at radius 2 is 2.37 bits per heavy atom. The lowest BCUT2D eigenvalue weighted by Crippen LogP contribution is -2.33. The van der Waals surface area contributed by atoms with Gasteiger partial charge < -0.3 is 5.43 Å². The van der Waals surface area contributed by atoms with E-state index in [0.29, 0.717) is 5.69 Å². The number of piperidine rings is 1. The molecule has 6 heteroatoms. The average Bonchev–Trinajstić information content (AvgIpc) is 2.38. The molecule has 0 amide bonds. The van der Waals surface area contributed by atoms with Crippen molar-refractivity contribution < 1.29 is 4.92 Å². The maximum absolute atomic E-state index is 10.8. The van der Waals surface area contributed by atoms with Gasteiger partial charge in [0.25, 0.3) is 5.69 Å². The predicted octanol–water partition coefficient (Wildman–Crippen LogP) is 2.11. The number of nitrogens with one attached hydrogen (secondary N) is 1. The number of hydrogen-bond acceptors (Lipinski definition) is 5. The second kappa shape index (κ2) is 5.99. The SMILES string of the molecule is CC1CCCN(Cc2ccc([N+](=O)[O-])c(NN)c2)C1. The van der Waals surface area contributed by atoms with Crippen molar-refractivity contribution in [1.82, 2.24) is 4.90 Å². The fourth-order valence-corrected chi connectivity index (χ4v) is 2.64. The summed E-state index contributed by atoms with van der Waals surface area (Å²) in [5, 5.41) is 10.8. The van der Waals surface area contributed by atoms with Gasteiger partial charge in [-0.25, -0.2) is 0 Å². The van der Waals surface area contributed by atoms with E-state index in [4.69, 9.17) is 5.84 Å². The van der Waals surface area contributed by atoms with Crippen LogP contribution in [-0.4, -0.2) is 22.9 Å². The van der Waals surface area contributed by atoms with Crippen LogP contribution in [0.15, 0.2) is 18.2 Å². The lowest BCUT2D eigenvalue weighted by Gasteiger charge is -2.30.